The first-order valence-corrected chi connectivity index (χ1v) is 2.91. The fraction of sp³-hybridized carbons (Fsp3) is 0.833. The van der Waals surface area contributed by atoms with Crippen LogP contribution in [0.15, 0.2) is 0 Å². The Morgan fingerprint density at radius 1 is 1.64 bits per heavy atom. The molecule has 1 atom stereocenters. The third kappa shape index (κ3) is 4.08. The Balaban J connectivity index is 0. The molecule has 0 heterocycles. The summed E-state index contributed by atoms with van der Waals surface area (Å²) in [6, 6.07) is 0. The number of carboxylic acids is 1. The van der Waals surface area contributed by atoms with Crippen LogP contribution in [0.4, 0.5) is 0 Å². The van der Waals surface area contributed by atoms with E-state index >= 15 is 0 Å². The van der Waals surface area contributed by atoms with E-state index in [4.69, 9.17) is 10.2 Å². The number of carbonyl (C=O) groups excluding carboxylic acids is 1. The van der Waals surface area contributed by atoms with Crippen LogP contribution in [0.3, 0.4) is 0 Å². The minimum Gasteiger partial charge on any atom is -0.547 e. The number of aliphatic hydroxyl groups is 2. The maximum Gasteiger partial charge on any atom is 1.00 e. The largest absolute Gasteiger partial charge is 1.00 e. The first-order chi connectivity index (χ1) is 4.41. The first kappa shape index (κ1) is 13.9. The van der Waals surface area contributed by atoms with E-state index in [1.807, 2.05) is 0 Å². The number of carbonyl (C=O) groups is 1. The van der Waals surface area contributed by atoms with Gasteiger partial charge in [-0.3, -0.25) is 0 Å². The minimum absolute atomic E-state index is 0. The molecule has 0 fully saturated rings. The van der Waals surface area contributed by atoms with Crippen LogP contribution in [-0.4, -0.2) is 28.9 Å². The molecule has 0 saturated carbocycles. The molecule has 0 aliphatic rings. The Kier molecular flexibility index (Phi) is 6.48. The monoisotopic (exact) mass is 170 g/mol. The number of carboxylic acid groups (broad SMARTS) is 1. The first-order valence-electron chi connectivity index (χ1n) is 2.91. The number of hydrogen-bond donors (Lipinski definition) is 2. The van der Waals surface area contributed by atoms with Gasteiger partial charge in [-0.05, 0) is 0 Å². The summed E-state index contributed by atoms with van der Waals surface area (Å²) in [6.45, 7) is 2.49. The van der Waals surface area contributed by atoms with Crippen LogP contribution in [-0.2, 0) is 4.79 Å². The molecule has 60 valence electrons. The van der Waals surface area contributed by atoms with Crippen molar-refractivity contribution in [3.05, 3.63) is 0 Å². The SMILES string of the molecule is CC(C)(CO)[C@H](O)C(=O)[O-].[Na+]. The zero-order valence-electron chi connectivity index (χ0n) is 7.00. The van der Waals surface area contributed by atoms with Crippen LogP contribution in [0.1, 0.15) is 13.8 Å². The average Bonchev–Trinajstić information content (AvgIpc) is 1.86. The van der Waals surface area contributed by atoms with Gasteiger partial charge in [0.15, 0.2) is 0 Å². The van der Waals surface area contributed by atoms with E-state index in [1.165, 1.54) is 13.8 Å². The van der Waals surface area contributed by atoms with Gasteiger partial charge >= 0.3 is 29.6 Å². The number of hydrogen-bond acceptors (Lipinski definition) is 4. The summed E-state index contributed by atoms with van der Waals surface area (Å²) in [6.07, 6.45) is -1.61. The van der Waals surface area contributed by atoms with Crippen LogP contribution in [0.2, 0.25) is 0 Å². The Hall–Kier alpha value is 0.390. The molecule has 0 unspecified atom stereocenters. The summed E-state index contributed by atoms with van der Waals surface area (Å²) < 4.78 is 0. The topological polar surface area (TPSA) is 80.6 Å². The summed E-state index contributed by atoms with van der Waals surface area (Å²) in [5, 5.41) is 27.4. The molecule has 11 heavy (non-hydrogen) atoms. The van der Waals surface area contributed by atoms with Crippen LogP contribution < -0.4 is 34.7 Å². The third-order valence-electron chi connectivity index (χ3n) is 1.37. The Morgan fingerprint density at radius 2 is 2.00 bits per heavy atom. The number of aliphatic hydroxyl groups excluding tert-OH is 2. The number of rotatable bonds is 3. The van der Waals surface area contributed by atoms with Crippen LogP contribution >= 0.6 is 0 Å². The Labute approximate surface area is 87.5 Å². The summed E-state index contributed by atoms with van der Waals surface area (Å²) in [7, 11) is 0. The molecule has 0 rings (SSSR count). The molecular formula is C6H11NaO4. The maximum absolute atomic E-state index is 10.0. The summed E-state index contributed by atoms with van der Waals surface area (Å²) in [5.74, 6) is -1.56. The molecule has 0 aromatic carbocycles. The van der Waals surface area contributed by atoms with E-state index in [0.717, 1.165) is 0 Å². The van der Waals surface area contributed by atoms with Crippen molar-refractivity contribution in [3.63, 3.8) is 0 Å². The smallest absolute Gasteiger partial charge is 0.547 e. The van der Waals surface area contributed by atoms with Crippen molar-refractivity contribution in [2.75, 3.05) is 6.61 Å². The number of aliphatic carboxylic acids is 1. The normalized spacial score (nSPS) is 13.5. The van der Waals surface area contributed by atoms with Gasteiger partial charge in [-0.1, -0.05) is 13.8 Å². The molecule has 0 saturated heterocycles. The van der Waals surface area contributed by atoms with E-state index in [9.17, 15) is 9.90 Å². The molecule has 0 aliphatic heterocycles. The molecule has 4 nitrogen and oxygen atoms in total. The van der Waals surface area contributed by atoms with Crippen LogP contribution in [0, 0.1) is 5.41 Å². The molecule has 0 bridgehead atoms. The van der Waals surface area contributed by atoms with Gasteiger partial charge < -0.3 is 20.1 Å². The molecule has 0 aliphatic carbocycles. The predicted molar refractivity (Wildman–Crippen MR) is 31.9 cm³/mol. The van der Waals surface area contributed by atoms with Crippen molar-refractivity contribution < 1.29 is 49.7 Å². The second kappa shape index (κ2) is 5.11. The average molecular weight is 170 g/mol. The quantitative estimate of drug-likeness (QED) is 0.416. The standard InChI is InChI=1S/C6H12O4.Na/c1-6(2,3-7)4(8)5(9)10;/h4,7-8H,3H2,1-2H3,(H,9,10);/q;+1/p-1/t4-;/m1./s1. The van der Waals surface area contributed by atoms with Gasteiger partial charge in [-0.15, -0.1) is 0 Å². The van der Waals surface area contributed by atoms with Gasteiger partial charge in [-0.25, -0.2) is 0 Å². The molecule has 5 heteroatoms. The van der Waals surface area contributed by atoms with Crippen LogP contribution in [0.5, 0.6) is 0 Å². The van der Waals surface area contributed by atoms with E-state index < -0.39 is 17.5 Å². The van der Waals surface area contributed by atoms with Crippen molar-refractivity contribution in [1.82, 2.24) is 0 Å². The summed E-state index contributed by atoms with van der Waals surface area (Å²) in [4.78, 5) is 10.0. The van der Waals surface area contributed by atoms with Crippen molar-refractivity contribution in [3.8, 4) is 0 Å². The van der Waals surface area contributed by atoms with E-state index in [2.05, 4.69) is 0 Å². The van der Waals surface area contributed by atoms with Gasteiger partial charge in [0.1, 0.15) is 6.10 Å². The second-order valence-corrected chi connectivity index (χ2v) is 2.87. The van der Waals surface area contributed by atoms with Crippen molar-refractivity contribution >= 4 is 5.97 Å². The zero-order valence-corrected chi connectivity index (χ0v) is 9.00. The summed E-state index contributed by atoms with van der Waals surface area (Å²) in [5.41, 5.74) is -1.03. The molecule has 0 amide bonds. The van der Waals surface area contributed by atoms with E-state index in [-0.39, 0.29) is 36.2 Å². The molecule has 0 radical (unpaired) electrons. The van der Waals surface area contributed by atoms with Gasteiger partial charge in [0.05, 0.1) is 12.6 Å². The van der Waals surface area contributed by atoms with Crippen molar-refractivity contribution in [2.24, 2.45) is 5.41 Å². The fourth-order valence-corrected chi connectivity index (χ4v) is 0.406. The third-order valence-corrected chi connectivity index (χ3v) is 1.37. The zero-order chi connectivity index (χ0) is 8.36. The van der Waals surface area contributed by atoms with Crippen LogP contribution in [0.25, 0.3) is 0 Å². The molecule has 0 aromatic heterocycles. The predicted octanol–water partition coefficient (Wildman–Crippen LogP) is -4.88. The molecular weight excluding hydrogens is 159 g/mol. The van der Waals surface area contributed by atoms with Gasteiger partial charge in [0.25, 0.3) is 0 Å². The molecule has 2 N–H and O–H groups in total. The van der Waals surface area contributed by atoms with E-state index in [0.29, 0.717) is 0 Å². The minimum atomic E-state index is -1.61. The van der Waals surface area contributed by atoms with Gasteiger partial charge in [0.2, 0.25) is 0 Å². The Bertz CT molecular complexity index is 135. The Morgan fingerprint density at radius 3 is 2.09 bits per heavy atom. The summed E-state index contributed by atoms with van der Waals surface area (Å²) >= 11 is 0. The van der Waals surface area contributed by atoms with E-state index in [1.54, 1.807) is 0 Å². The fourth-order valence-electron chi connectivity index (χ4n) is 0.406. The van der Waals surface area contributed by atoms with Gasteiger partial charge in [-0.2, -0.15) is 0 Å². The maximum atomic E-state index is 10.0. The molecule has 0 spiro atoms. The second-order valence-electron chi connectivity index (χ2n) is 2.87. The van der Waals surface area contributed by atoms with Crippen molar-refractivity contribution in [1.29, 1.82) is 0 Å². The van der Waals surface area contributed by atoms with Crippen molar-refractivity contribution in [2.45, 2.75) is 20.0 Å². The van der Waals surface area contributed by atoms with Gasteiger partial charge in [0, 0.05) is 5.41 Å². The molecule has 0 aromatic rings.